The first-order valence-corrected chi connectivity index (χ1v) is 6.96. The van der Waals surface area contributed by atoms with Crippen LogP contribution in [0.4, 0.5) is 0 Å². The van der Waals surface area contributed by atoms with E-state index in [0.29, 0.717) is 0 Å². The molecule has 2 heteroatoms. The fraction of sp³-hybridized carbons (Fsp3) is 0.625. The van der Waals surface area contributed by atoms with E-state index in [1.807, 2.05) is 6.07 Å². The van der Waals surface area contributed by atoms with Gasteiger partial charge in [0.1, 0.15) is 11.9 Å². The summed E-state index contributed by atoms with van der Waals surface area (Å²) in [5.74, 6) is 0.979. The lowest BCUT2D eigenvalue weighted by molar-refractivity contribution is 0.216. The van der Waals surface area contributed by atoms with E-state index in [0.717, 1.165) is 18.3 Å². The Kier molecular flexibility index (Phi) is 3.96. The number of benzene rings is 1. The molecule has 1 fully saturated rings. The van der Waals surface area contributed by atoms with Crippen LogP contribution >= 0.6 is 0 Å². The van der Waals surface area contributed by atoms with Gasteiger partial charge < -0.3 is 10.1 Å². The van der Waals surface area contributed by atoms with Gasteiger partial charge in [0.2, 0.25) is 0 Å². The highest BCUT2D eigenvalue weighted by Crippen LogP contribution is 2.26. The fourth-order valence-electron chi connectivity index (χ4n) is 1.93. The second kappa shape index (κ2) is 5.31. The number of hydrogen-bond acceptors (Lipinski definition) is 2. The monoisotopic (exact) mass is 247 g/mol. The number of nitrogens with one attached hydrogen (secondary N) is 1. The van der Waals surface area contributed by atoms with E-state index in [4.69, 9.17) is 4.74 Å². The van der Waals surface area contributed by atoms with E-state index in [2.05, 4.69) is 51.2 Å². The fourth-order valence-corrected chi connectivity index (χ4v) is 1.93. The molecule has 0 saturated heterocycles. The molecule has 0 aliphatic heterocycles. The first-order valence-electron chi connectivity index (χ1n) is 6.96. The maximum atomic E-state index is 5.97. The van der Waals surface area contributed by atoms with Crippen LogP contribution in [0.3, 0.4) is 0 Å². The molecule has 0 aromatic heterocycles. The second-order valence-corrected chi connectivity index (χ2v) is 6.39. The molecule has 2 rings (SSSR count). The summed E-state index contributed by atoms with van der Waals surface area (Å²) in [5.41, 5.74) is 1.50. The van der Waals surface area contributed by atoms with Gasteiger partial charge in [0.05, 0.1) is 0 Å². The Balaban J connectivity index is 1.91. The summed E-state index contributed by atoms with van der Waals surface area (Å²) in [7, 11) is 0. The molecule has 0 radical (unpaired) electrons. The zero-order valence-corrected chi connectivity index (χ0v) is 12.0. The van der Waals surface area contributed by atoms with Crippen molar-refractivity contribution < 1.29 is 4.74 Å². The maximum Gasteiger partial charge on any atom is 0.120 e. The molecule has 1 aliphatic rings. The minimum Gasteiger partial charge on any atom is -0.489 e. The Morgan fingerprint density at radius 2 is 2.06 bits per heavy atom. The largest absolute Gasteiger partial charge is 0.489 e. The van der Waals surface area contributed by atoms with Gasteiger partial charge in [-0.2, -0.15) is 0 Å². The summed E-state index contributed by atoms with van der Waals surface area (Å²) in [4.78, 5) is 0. The Labute approximate surface area is 111 Å². The lowest BCUT2D eigenvalue weighted by Crippen LogP contribution is -2.30. The number of rotatable bonds is 5. The van der Waals surface area contributed by atoms with Gasteiger partial charge in [-0.25, -0.2) is 0 Å². The van der Waals surface area contributed by atoms with Crippen molar-refractivity contribution in [1.82, 2.24) is 5.32 Å². The average molecular weight is 247 g/mol. The van der Waals surface area contributed by atoms with E-state index >= 15 is 0 Å². The van der Waals surface area contributed by atoms with Gasteiger partial charge in [-0.15, -0.1) is 0 Å². The first kappa shape index (κ1) is 13.4. The summed E-state index contributed by atoms with van der Waals surface area (Å²) in [6, 6.07) is 9.20. The van der Waals surface area contributed by atoms with Crippen LogP contribution in [0.2, 0.25) is 0 Å². The lowest BCUT2D eigenvalue weighted by atomic mass is 9.87. The van der Waals surface area contributed by atoms with Gasteiger partial charge in [-0.05, 0) is 42.9 Å². The van der Waals surface area contributed by atoms with E-state index in [9.17, 15) is 0 Å². The molecule has 1 saturated carbocycles. The molecule has 1 aliphatic carbocycles. The summed E-state index contributed by atoms with van der Waals surface area (Å²) in [5, 5.41) is 3.50. The Bertz CT molecular complexity index is 390. The minimum absolute atomic E-state index is 0.175. The number of hydrogen-bond donors (Lipinski definition) is 1. The van der Waals surface area contributed by atoms with E-state index in [1.165, 1.54) is 18.4 Å². The van der Waals surface area contributed by atoms with Crippen molar-refractivity contribution in [2.24, 2.45) is 0 Å². The molecule has 1 unspecified atom stereocenters. The van der Waals surface area contributed by atoms with Crippen LogP contribution < -0.4 is 10.1 Å². The molecule has 0 bridgehead atoms. The molecule has 2 nitrogen and oxygen atoms in total. The average Bonchev–Trinajstić information content (AvgIpc) is 3.09. The summed E-state index contributed by atoms with van der Waals surface area (Å²) in [6.45, 7) is 9.74. The van der Waals surface area contributed by atoms with E-state index in [1.54, 1.807) is 0 Å². The van der Waals surface area contributed by atoms with Gasteiger partial charge in [0.15, 0.2) is 0 Å². The lowest BCUT2D eigenvalue weighted by Gasteiger charge is -2.21. The van der Waals surface area contributed by atoms with Crippen LogP contribution in [0.1, 0.15) is 46.1 Å². The van der Waals surface area contributed by atoms with E-state index < -0.39 is 0 Å². The molecule has 0 heterocycles. The smallest absolute Gasteiger partial charge is 0.120 e. The summed E-state index contributed by atoms with van der Waals surface area (Å²) >= 11 is 0. The molecular weight excluding hydrogens is 222 g/mol. The quantitative estimate of drug-likeness (QED) is 0.860. The third kappa shape index (κ3) is 4.02. The molecule has 18 heavy (non-hydrogen) atoms. The first-order chi connectivity index (χ1) is 8.45. The predicted molar refractivity (Wildman–Crippen MR) is 76.3 cm³/mol. The molecule has 1 aromatic carbocycles. The third-order valence-electron chi connectivity index (χ3n) is 3.31. The van der Waals surface area contributed by atoms with Crippen LogP contribution in [0.15, 0.2) is 24.3 Å². The molecular formula is C16H25NO. The highest BCUT2D eigenvalue weighted by atomic mass is 16.5. The minimum atomic E-state index is 0.175. The summed E-state index contributed by atoms with van der Waals surface area (Å²) in [6.07, 6.45) is 2.87. The zero-order chi connectivity index (χ0) is 13.2. The van der Waals surface area contributed by atoms with Crippen molar-refractivity contribution in [2.45, 2.75) is 58.1 Å². The van der Waals surface area contributed by atoms with Crippen molar-refractivity contribution in [3.05, 3.63) is 29.8 Å². The molecule has 0 spiro atoms. The Hall–Kier alpha value is -1.02. The topological polar surface area (TPSA) is 21.3 Å². The molecule has 0 amide bonds. The van der Waals surface area contributed by atoms with Crippen LogP contribution in [0.5, 0.6) is 5.75 Å². The highest BCUT2D eigenvalue weighted by Gasteiger charge is 2.21. The van der Waals surface area contributed by atoms with Gasteiger partial charge in [0.25, 0.3) is 0 Å². The van der Waals surface area contributed by atoms with Crippen LogP contribution in [-0.2, 0) is 5.41 Å². The normalized spacial score (nSPS) is 17.6. The summed E-state index contributed by atoms with van der Waals surface area (Å²) < 4.78 is 5.97. The molecule has 1 atom stereocenters. The predicted octanol–water partition coefficient (Wildman–Crippen LogP) is 3.50. The van der Waals surface area contributed by atoms with Crippen molar-refractivity contribution in [3.63, 3.8) is 0 Å². The SMILES string of the molecule is CC(CNC1CC1)Oc1cccc(C(C)(C)C)c1. The molecule has 100 valence electrons. The Morgan fingerprint density at radius 3 is 2.67 bits per heavy atom. The van der Waals surface area contributed by atoms with Gasteiger partial charge in [-0.1, -0.05) is 32.9 Å². The van der Waals surface area contributed by atoms with Gasteiger partial charge >= 0.3 is 0 Å². The van der Waals surface area contributed by atoms with Crippen LogP contribution in [0.25, 0.3) is 0 Å². The molecule has 1 N–H and O–H groups in total. The third-order valence-corrected chi connectivity index (χ3v) is 3.31. The van der Waals surface area contributed by atoms with Crippen LogP contribution in [0, 0.1) is 0 Å². The van der Waals surface area contributed by atoms with Crippen molar-refractivity contribution in [3.8, 4) is 5.75 Å². The maximum absolute atomic E-state index is 5.97. The van der Waals surface area contributed by atoms with E-state index in [-0.39, 0.29) is 11.5 Å². The molecule has 1 aromatic rings. The Morgan fingerprint density at radius 1 is 1.33 bits per heavy atom. The zero-order valence-electron chi connectivity index (χ0n) is 12.0. The van der Waals surface area contributed by atoms with Crippen LogP contribution in [-0.4, -0.2) is 18.7 Å². The second-order valence-electron chi connectivity index (χ2n) is 6.39. The van der Waals surface area contributed by atoms with Crippen molar-refractivity contribution in [1.29, 1.82) is 0 Å². The number of ether oxygens (including phenoxy) is 1. The van der Waals surface area contributed by atoms with Crippen molar-refractivity contribution in [2.75, 3.05) is 6.54 Å². The standard InChI is InChI=1S/C16H25NO/c1-12(11-17-14-8-9-14)18-15-7-5-6-13(10-15)16(2,3)4/h5-7,10,12,14,17H,8-9,11H2,1-4H3. The van der Waals surface area contributed by atoms with Gasteiger partial charge in [0, 0.05) is 12.6 Å². The highest BCUT2D eigenvalue weighted by molar-refractivity contribution is 5.32. The van der Waals surface area contributed by atoms with Gasteiger partial charge in [-0.3, -0.25) is 0 Å². The van der Waals surface area contributed by atoms with Crippen molar-refractivity contribution >= 4 is 0 Å².